The number of carbonyl (C=O) groups is 1. The molecule has 0 spiro atoms. The second-order valence-corrected chi connectivity index (χ2v) is 7.55. The molecule has 1 unspecified atom stereocenters. The summed E-state index contributed by atoms with van der Waals surface area (Å²) in [6.07, 6.45) is 19.1. The summed E-state index contributed by atoms with van der Waals surface area (Å²) in [5, 5.41) is 17.3. The molecule has 0 aliphatic carbocycles. The van der Waals surface area contributed by atoms with Crippen molar-refractivity contribution in [2.45, 2.75) is 110 Å². The van der Waals surface area contributed by atoms with E-state index < -0.39 is 12.1 Å². The van der Waals surface area contributed by atoms with Crippen LogP contribution in [0.15, 0.2) is 0 Å². The van der Waals surface area contributed by atoms with Gasteiger partial charge in [0.2, 0.25) is 0 Å². The Morgan fingerprint density at radius 3 is 1.32 bits per heavy atom. The lowest BCUT2D eigenvalue weighted by Crippen LogP contribution is -3.05. The summed E-state index contributed by atoms with van der Waals surface area (Å²) in [6, 6.07) is 0. The molecule has 0 amide bonds. The lowest BCUT2D eigenvalue weighted by Gasteiger charge is -2.06. The summed E-state index contributed by atoms with van der Waals surface area (Å²) < 4.78 is 0. The van der Waals surface area contributed by atoms with Gasteiger partial charge in [-0.3, -0.25) is 0 Å². The molecule has 152 valence electrons. The standard InChI is InChI=1S/C18H39N.C3H6O3/c1-4-5-6-7-8-9-10-11-12-13-14-15-16-17-18-19(2)3;1-2(4)3(5)6/h4-18H2,1-3H3;2,4H,1H3,(H,5,6). The van der Waals surface area contributed by atoms with E-state index in [1.165, 1.54) is 96.4 Å². The first-order chi connectivity index (χ1) is 11.9. The number of hydrogen-bond acceptors (Lipinski definition) is 3. The zero-order valence-electron chi connectivity index (χ0n) is 17.4. The Hall–Kier alpha value is -0.610. The van der Waals surface area contributed by atoms with Gasteiger partial charge in [-0.15, -0.1) is 0 Å². The van der Waals surface area contributed by atoms with Gasteiger partial charge >= 0.3 is 0 Å². The molecule has 0 fully saturated rings. The summed E-state index contributed by atoms with van der Waals surface area (Å²) in [5.41, 5.74) is 0. The predicted octanol–water partition coefficient (Wildman–Crippen LogP) is 2.73. The molecule has 1 atom stereocenters. The van der Waals surface area contributed by atoms with Crippen molar-refractivity contribution in [1.29, 1.82) is 0 Å². The molecule has 0 aliphatic rings. The van der Waals surface area contributed by atoms with Gasteiger partial charge in [0.15, 0.2) is 0 Å². The first-order valence-corrected chi connectivity index (χ1v) is 10.6. The van der Waals surface area contributed by atoms with Crippen LogP contribution in [0.1, 0.15) is 104 Å². The van der Waals surface area contributed by atoms with Gasteiger partial charge in [0.25, 0.3) is 0 Å². The zero-order chi connectivity index (χ0) is 19.3. The van der Waals surface area contributed by atoms with Crippen LogP contribution in [0.25, 0.3) is 0 Å². The fourth-order valence-electron chi connectivity index (χ4n) is 2.67. The van der Waals surface area contributed by atoms with Crippen LogP contribution < -0.4 is 10.0 Å². The van der Waals surface area contributed by atoms with Crippen LogP contribution in [0.2, 0.25) is 0 Å². The first-order valence-electron chi connectivity index (χ1n) is 10.6. The quantitative estimate of drug-likeness (QED) is 0.417. The van der Waals surface area contributed by atoms with Crippen LogP contribution in [0.4, 0.5) is 0 Å². The number of unbranched alkanes of at least 4 members (excludes halogenated alkanes) is 13. The third-order valence-corrected chi connectivity index (χ3v) is 4.37. The largest absolute Gasteiger partial charge is 0.547 e. The number of carboxylic acids is 1. The average Bonchev–Trinajstić information content (AvgIpc) is 2.55. The highest BCUT2D eigenvalue weighted by Gasteiger charge is 1.95. The van der Waals surface area contributed by atoms with Gasteiger partial charge in [-0.2, -0.15) is 0 Å². The number of aliphatic hydroxyl groups is 1. The number of hydrogen-bond donors (Lipinski definition) is 2. The van der Waals surface area contributed by atoms with Crippen LogP contribution in [0.3, 0.4) is 0 Å². The number of aliphatic hydroxyl groups excluding tert-OH is 1. The Morgan fingerprint density at radius 2 is 1.08 bits per heavy atom. The maximum Gasteiger partial charge on any atom is 0.0905 e. The van der Waals surface area contributed by atoms with Crippen molar-refractivity contribution < 1.29 is 19.9 Å². The van der Waals surface area contributed by atoms with E-state index in [4.69, 9.17) is 5.11 Å². The molecule has 0 heterocycles. The van der Waals surface area contributed by atoms with Crippen molar-refractivity contribution in [3.05, 3.63) is 0 Å². The molecule has 2 N–H and O–H groups in total. The lowest BCUT2D eigenvalue weighted by molar-refractivity contribution is -0.858. The van der Waals surface area contributed by atoms with Crippen LogP contribution in [-0.4, -0.2) is 37.8 Å². The maximum atomic E-state index is 9.34. The third-order valence-electron chi connectivity index (χ3n) is 4.37. The molecule has 0 aromatic rings. The van der Waals surface area contributed by atoms with E-state index in [0.29, 0.717) is 0 Å². The number of carbonyl (C=O) groups excluding carboxylic acids is 1. The van der Waals surface area contributed by atoms with Crippen molar-refractivity contribution in [3.8, 4) is 0 Å². The minimum Gasteiger partial charge on any atom is -0.547 e. The highest BCUT2D eigenvalue weighted by molar-refractivity contribution is 5.68. The zero-order valence-corrected chi connectivity index (χ0v) is 17.4. The number of quaternary nitrogens is 1. The van der Waals surface area contributed by atoms with Crippen molar-refractivity contribution >= 4 is 5.97 Å². The molecule has 25 heavy (non-hydrogen) atoms. The van der Waals surface area contributed by atoms with Crippen molar-refractivity contribution in [1.82, 2.24) is 0 Å². The number of nitrogens with one attached hydrogen (secondary N) is 1. The first kappa shape index (κ1) is 26.6. The summed E-state index contributed by atoms with van der Waals surface area (Å²) in [7, 11) is 4.50. The van der Waals surface area contributed by atoms with Gasteiger partial charge in [-0.1, -0.05) is 84.0 Å². The monoisotopic (exact) mass is 359 g/mol. The van der Waals surface area contributed by atoms with Crippen LogP contribution in [-0.2, 0) is 4.79 Å². The molecule has 0 aromatic carbocycles. The molecule has 4 heteroatoms. The molecular weight excluding hydrogens is 314 g/mol. The fourth-order valence-corrected chi connectivity index (χ4v) is 2.67. The lowest BCUT2D eigenvalue weighted by atomic mass is 10.0. The van der Waals surface area contributed by atoms with E-state index in [1.807, 2.05) is 0 Å². The molecule has 4 nitrogen and oxygen atoms in total. The second kappa shape index (κ2) is 21.4. The summed E-state index contributed by atoms with van der Waals surface area (Å²) in [4.78, 5) is 10.9. The fraction of sp³-hybridized carbons (Fsp3) is 0.952. The maximum absolute atomic E-state index is 9.34. The molecule has 0 radical (unpaired) electrons. The average molecular weight is 360 g/mol. The van der Waals surface area contributed by atoms with E-state index in [1.54, 1.807) is 4.90 Å². The number of carboxylic acid groups (broad SMARTS) is 1. The number of aliphatic carboxylic acids is 1. The topological polar surface area (TPSA) is 64.8 Å². The van der Waals surface area contributed by atoms with E-state index in [0.717, 1.165) is 6.92 Å². The second-order valence-electron chi connectivity index (χ2n) is 7.55. The third kappa shape index (κ3) is 28.5. The summed E-state index contributed by atoms with van der Waals surface area (Å²) >= 11 is 0. The Balaban J connectivity index is 0. The minimum absolute atomic E-state index is 1.13. The van der Waals surface area contributed by atoms with Crippen molar-refractivity contribution in [2.24, 2.45) is 0 Å². The highest BCUT2D eigenvalue weighted by Crippen LogP contribution is 2.12. The smallest absolute Gasteiger partial charge is 0.0905 e. The van der Waals surface area contributed by atoms with E-state index in [9.17, 15) is 9.90 Å². The summed E-state index contributed by atoms with van der Waals surface area (Å²) in [6.45, 7) is 4.77. The van der Waals surface area contributed by atoms with Gasteiger partial charge in [-0.05, 0) is 19.8 Å². The molecule has 0 bridgehead atoms. The van der Waals surface area contributed by atoms with Crippen LogP contribution >= 0.6 is 0 Å². The van der Waals surface area contributed by atoms with Crippen molar-refractivity contribution in [2.75, 3.05) is 20.6 Å². The van der Waals surface area contributed by atoms with Crippen LogP contribution in [0.5, 0.6) is 0 Å². The Bertz CT molecular complexity index is 268. The Labute approximate surface area is 157 Å². The molecular formula is C21H45NO3. The van der Waals surface area contributed by atoms with Gasteiger partial charge in [0.05, 0.1) is 32.7 Å². The van der Waals surface area contributed by atoms with Gasteiger partial charge in [0.1, 0.15) is 0 Å². The molecule has 0 saturated heterocycles. The predicted molar refractivity (Wildman–Crippen MR) is 105 cm³/mol. The highest BCUT2D eigenvalue weighted by atomic mass is 16.4. The Kier molecular flexibility index (Phi) is 22.8. The molecule has 0 aromatic heterocycles. The molecule has 0 rings (SSSR count). The van der Waals surface area contributed by atoms with Crippen LogP contribution in [0, 0.1) is 0 Å². The molecule has 0 saturated carbocycles. The van der Waals surface area contributed by atoms with Crippen molar-refractivity contribution in [3.63, 3.8) is 0 Å². The van der Waals surface area contributed by atoms with Gasteiger partial charge < -0.3 is 19.9 Å². The van der Waals surface area contributed by atoms with Gasteiger partial charge in [0, 0.05) is 0 Å². The summed E-state index contributed by atoms with van der Waals surface area (Å²) in [5.74, 6) is -1.44. The minimum atomic E-state index is -1.44. The van der Waals surface area contributed by atoms with Gasteiger partial charge in [-0.25, -0.2) is 0 Å². The number of rotatable bonds is 16. The Morgan fingerprint density at radius 1 is 0.800 bits per heavy atom. The van der Waals surface area contributed by atoms with E-state index in [-0.39, 0.29) is 0 Å². The van der Waals surface area contributed by atoms with E-state index in [2.05, 4.69) is 21.0 Å². The molecule has 0 aliphatic heterocycles. The normalized spacial score (nSPS) is 11.9. The SMILES string of the molecule is CC(O)C(=O)[O-].CCCCCCCCCCCCCCCC[NH+](C)C. The van der Waals surface area contributed by atoms with E-state index >= 15 is 0 Å².